The molecule has 0 saturated heterocycles. The van der Waals surface area contributed by atoms with Crippen molar-refractivity contribution in [3.05, 3.63) is 23.9 Å². The van der Waals surface area contributed by atoms with Crippen molar-refractivity contribution in [2.24, 2.45) is 0 Å². The number of anilines is 1. The molecule has 0 bridgehead atoms. The van der Waals surface area contributed by atoms with Crippen LogP contribution in [-0.2, 0) is 0 Å². The molecule has 1 heterocycles. The molecule has 0 aliphatic heterocycles. The number of nitrogens with one attached hydrogen (secondary N) is 1. The number of aryl methyl sites for hydroxylation is 1. The number of nitrogens with zero attached hydrogens (tertiary/aromatic N) is 1. The molecule has 2 nitrogen and oxygen atoms in total. The Morgan fingerprint density at radius 2 is 2.42 bits per heavy atom. The second-order valence-electron chi connectivity index (χ2n) is 2.83. The Kier molecular flexibility index (Phi) is 3.35. The highest BCUT2D eigenvalue weighted by molar-refractivity contribution is 6.20. The Morgan fingerprint density at radius 3 is 3.00 bits per heavy atom. The first kappa shape index (κ1) is 9.33. The number of hydrogen-bond donors (Lipinski definition) is 1. The minimum Gasteiger partial charge on any atom is -0.368 e. The lowest BCUT2D eigenvalue weighted by molar-refractivity contribution is 0.974. The molecule has 3 heteroatoms. The zero-order valence-electron chi connectivity index (χ0n) is 7.34. The maximum absolute atomic E-state index is 5.79. The smallest absolute Gasteiger partial charge is 0.128 e. The summed E-state index contributed by atoms with van der Waals surface area (Å²) in [7, 11) is 0. The Morgan fingerprint density at radius 1 is 1.67 bits per heavy atom. The molecule has 1 N–H and O–H groups in total. The lowest BCUT2D eigenvalue weighted by Gasteiger charge is -2.08. The minimum absolute atomic E-state index is 0.131. The van der Waals surface area contributed by atoms with Gasteiger partial charge in [-0.25, -0.2) is 4.98 Å². The first-order chi connectivity index (χ1) is 5.70. The molecule has 0 amide bonds. The van der Waals surface area contributed by atoms with Gasteiger partial charge in [0.05, 0.1) is 0 Å². The van der Waals surface area contributed by atoms with E-state index in [0.717, 1.165) is 17.9 Å². The molecule has 66 valence electrons. The molecule has 0 aliphatic rings. The van der Waals surface area contributed by atoms with Crippen molar-refractivity contribution in [2.75, 3.05) is 11.9 Å². The van der Waals surface area contributed by atoms with Crippen LogP contribution in [0.3, 0.4) is 0 Å². The van der Waals surface area contributed by atoms with E-state index < -0.39 is 0 Å². The molecule has 1 aromatic rings. The highest BCUT2D eigenvalue weighted by Crippen LogP contribution is 2.09. The molecule has 1 aromatic heterocycles. The van der Waals surface area contributed by atoms with E-state index in [9.17, 15) is 0 Å². The van der Waals surface area contributed by atoms with Crippen molar-refractivity contribution >= 4 is 17.4 Å². The SMILES string of the molecule is Cc1cccnc1NCC(C)Cl. The van der Waals surface area contributed by atoms with Gasteiger partial charge in [0.1, 0.15) is 5.82 Å². The van der Waals surface area contributed by atoms with E-state index in [2.05, 4.69) is 10.3 Å². The van der Waals surface area contributed by atoms with Crippen LogP contribution in [-0.4, -0.2) is 16.9 Å². The van der Waals surface area contributed by atoms with Gasteiger partial charge < -0.3 is 5.32 Å². The van der Waals surface area contributed by atoms with Gasteiger partial charge in [-0.2, -0.15) is 0 Å². The van der Waals surface area contributed by atoms with Crippen molar-refractivity contribution in [3.63, 3.8) is 0 Å². The fourth-order valence-electron chi connectivity index (χ4n) is 0.908. The Balaban J connectivity index is 2.57. The van der Waals surface area contributed by atoms with E-state index >= 15 is 0 Å². The zero-order valence-corrected chi connectivity index (χ0v) is 8.10. The fraction of sp³-hybridized carbons (Fsp3) is 0.444. The molecule has 0 radical (unpaired) electrons. The summed E-state index contributed by atoms with van der Waals surface area (Å²) in [4.78, 5) is 4.18. The fourth-order valence-corrected chi connectivity index (χ4v) is 0.985. The first-order valence-corrected chi connectivity index (χ1v) is 4.43. The van der Waals surface area contributed by atoms with Crippen molar-refractivity contribution in [2.45, 2.75) is 19.2 Å². The van der Waals surface area contributed by atoms with Gasteiger partial charge in [-0.3, -0.25) is 0 Å². The monoisotopic (exact) mass is 184 g/mol. The number of hydrogen-bond acceptors (Lipinski definition) is 2. The zero-order chi connectivity index (χ0) is 8.97. The molecular weight excluding hydrogens is 172 g/mol. The average molecular weight is 185 g/mol. The summed E-state index contributed by atoms with van der Waals surface area (Å²) in [6.45, 7) is 4.72. The van der Waals surface area contributed by atoms with Gasteiger partial charge in [-0.15, -0.1) is 11.6 Å². The highest BCUT2D eigenvalue weighted by atomic mass is 35.5. The summed E-state index contributed by atoms with van der Waals surface area (Å²) in [5, 5.41) is 3.30. The second-order valence-corrected chi connectivity index (χ2v) is 3.58. The van der Waals surface area contributed by atoms with Gasteiger partial charge in [0, 0.05) is 18.1 Å². The van der Waals surface area contributed by atoms with Crippen LogP contribution in [0.4, 0.5) is 5.82 Å². The summed E-state index contributed by atoms with van der Waals surface area (Å²) in [5.41, 5.74) is 1.15. The lowest BCUT2D eigenvalue weighted by Crippen LogP contribution is -2.12. The predicted molar refractivity (Wildman–Crippen MR) is 52.8 cm³/mol. The highest BCUT2D eigenvalue weighted by Gasteiger charge is 1.99. The third-order valence-corrected chi connectivity index (χ3v) is 1.71. The lowest BCUT2D eigenvalue weighted by atomic mass is 10.3. The van der Waals surface area contributed by atoms with E-state index in [1.54, 1.807) is 6.20 Å². The summed E-state index contributed by atoms with van der Waals surface area (Å²) in [6.07, 6.45) is 1.77. The van der Waals surface area contributed by atoms with E-state index in [4.69, 9.17) is 11.6 Å². The quantitative estimate of drug-likeness (QED) is 0.730. The molecule has 1 atom stereocenters. The van der Waals surface area contributed by atoms with Crippen molar-refractivity contribution < 1.29 is 0 Å². The van der Waals surface area contributed by atoms with E-state index in [1.807, 2.05) is 26.0 Å². The van der Waals surface area contributed by atoms with Crippen molar-refractivity contribution in [3.8, 4) is 0 Å². The van der Waals surface area contributed by atoms with Gasteiger partial charge in [-0.05, 0) is 25.5 Å². The number of pyridine rings is 1. The summed E-state index contributed by atoms with van der Waals surface area (Å²) in [6, 6.07) is 3.94. The maximum Gasteiger partial charge on any atom is 0.128 e. The van der Waals surface area contributed by atoms with E-state index in [-0.39, 0.29) is 5.38 Å². The third kappa shape index (κ3) is 2.70. The molecule has 0 spiro atoms. The van der Waals surface area contributed by atoms with Crippen LogP contribution in [0, 0.1) is 6.92 Å². The van der Waals surface area contributed by atoms with Crippen LogP contribution in [0.1, 0.15) is 12.5 Å². The van der Waals surface area contributed by atoms with Crippen LogP contribution < -0.4 is 5.32 Å². The van der Waals surface area contributed by atoms with Crippen LogP contribution in [0.5, 0.6) is 0 Å². The molecule has 0 aromatic carbocycles. The van der Waals surface area contributed by atoms with Crippen LogP contribution in [0.2, 0.25) is 0 Å². The van der Waals surface area contributed by atoms with E-state index in [0.29, 0.717) is 0 Å². The van der Waals surface area contributed by atoms with Crippen LogP contribution in [0.15, 0.2) is 18.3 Å². The number of aromatic nitrogens is 1. The maximum atomic E-state index is 5.79. The molecular formula is C9H13ClN2. The molecule has 1 rings (SSSR count). The molecule has 0 saturated carbocycles. The van der Waals surface area contributed by atoms with Gasteiger partial charge in [-0.1, -0.05) is 6.07 Å². The third-order valence-electron chi connectivity index (χ3n) is 1.56. The molecule has 1 unspecified atom stereocenters. The topological polar surface area (TPSA) is 24.9 Å². The van der Waals surface area contributed by atoms with Gasteiger partial charge in [0.2, 0.25) is 0 Å². The van der Waals surface area contributed by atoms with Crippen molar-refractivity contribution in [1.29, 1.82) is 0 Å². The summed E-state index contributed by atoms with van der Waals surface area (Å²) >= 11 is 5.79. The summed E-state index contributed by atoms with van der Waals surface area (Å²) < 4.78 is 0. The molecule has 0 fully saturated rings. The summed E-state index contributed by atoms with van der Waals surface area (Å²) in [5.74, 6) is 0.921. The number of halogens is 1. The Hall–Kier alpha value is -0.760. The number of rotatable bonds is 3. The van der Waals surface area contributed by atoms with Crippen LogP contribution in [0.25, 0.3) is 0 Å². The van der Waals surface area contributed by atoms with Gasteiger partial charge >= 0.3 is 0 Å². The second kappa shape index (κ2) is 4.31. The predicted octanol–water partition coefficient (Wildman–Crippen LogP) is 2.43. The molecule has 12 heavy (non-hydrogen) atoms. The van der Waals surface area contributed by atoms with Gasteiger partial charge in [0.15, 0.2) is 0 Å². The largest absolute Gasteiger partial charge is 0.368 e. The standard InChI is InChI=1S/C9H13ClN2/c1-7-4-3-5-11-9(7)12-6-8(2)10/h3-5,8H,6H2,1-2H3,(H,11,12). The molecule has 0 aliphatic carbocycles. The number of alkyl halides is 1. The minimum atomic E-state index is 0.131. The van der Waals surface area contributed by atoms with Crippen LogP contribution >= 0.6 is 11.6 Å². The normalized spacial score (nSPS) is 12.6. The Bertz CT molecular complexity index is 248. The van der Waals surface area contributed by atoms with E-state index in [1.165, 1.54) is 0 Å². The average Bonchev–Trinajstić information content (AvgIpc) is 2.03. The van der Waals surface area contributed by atoms with Gasteiger partial charge in [0.25, 0.3) is 0 Å². The van der Waals surface area contributed by atoms with Crippen molar-refractivity contribution in [1.82, 2.24) is 4.98 Å². The Labute approximate surface area is 78.0 Å². The first-order valence-electron chi connectivity index (χ1n) is 3.99.